The van der Waals surface area contributed by atoms with Crippen molar-refractivity contribution in [2.75, 3.05) is 11.9 Å². The van der Waals surface area contributed by atoms with Gasteiger partial charge < -0.3 is 5.32 Å². The summed E-state index contributed by atoms with van der Waals surface area (Å²) in [5.41, 5.74) is 1.05. The van der Waals surface area contributed by atoms with Crippen LogP contribution in [0.2, 0.25) is 0 Å². The van der Waals surface area contributed by atoms with Gasteiger partial charge in [0.15, 0.2) is 5.82 Å². The Labute approximate surface area is 163 Å². The molecular weight excluding hydrogens is 378 g/mol. The predicted octanol–water partition coefficient (Wildman–Crippen LogP) is 2.04. The van der Waals surface area contributed by atoms with Crippen molar-refractivity contribution in [2.45, 2.75) is 11.4 Å². The summed E-state index contributed by atoms with van der Waals surface area (Å²) < 4.78 is 28.4. The van der Waals surface area contributed by atoms with Gasteiger partial charge in [0.05, 0.1) is 17.1 Å². The van der Waals surface area contributed by atoms with Crippen LogP contribution in [0.5, 0.6) is 0 Å². The Morgan fingerprint density at radius 2 is 2.04 bits per heavy atom. The molecule has 0 saturated heterocycles. The molecule has 2 aromatic heterocycles. The fraction of sp³-hybridized carbons (Fsp3) is 0.105. The van der Waals surface area contributed by atoms with Crippen molar-refractivity contribution in [1.82, 2.24) is 19.5 Å². The molecule has 3 rings (SSSR count). The quantitative estimate of drug-likeness (QED) is 0.566. The number of hydrogen-bond acceptors (Lipinski definition) is 5. The molecule has 8 nitrogen and oxygen atoms in total. The lowest BCUT2D eigenvalue weighted by molar-refractivity contribution is 0.102. The lowest BCUT2D eigenvalue weighted by Crippen LogP contribution is -2.24. The summed E-state index contributed by atoms with van der Waals surface area (Å²) in [5.74, 6) is -0.0946. The normalized spacial score (nSPS) is 11.1. The molecule has 144 valence electrons. The molecule has 0 fully saturated rings. The number of nitrogens with zero attached hydrogens (tertiary/aromatic N) is 3. The number of carbonyl (C=O) groups excluding carboxylic acids is 1. The van der Waals surface area contributed by atoms with Gasteiger partial charge in [-0.05, 0) is 30.3 Å². The monoisotopic (exact) mass is 397 g/mol. The zero-order valence-corrected chi connectivity index (χ0v) is 15.8. The molecule has 0 aliphatic carbocycles. The van der Waals surface area contributed by atoms with Gasteiger partial charge in [-0.3, -0.25) is 14.5 Å². The Bertz CT molecular complexity index is 1080. The summed E-state index contributed by atoms with van der Waals surface area (Å²) in [5, 5.41) is 6.95. The fourth-order valence-corrected chi connectivity index (χ4v) is 3.46. The second-order valence-electron chi connectivity index (χ2n) is 5.84. The zero-order valence-electron chi connectivity index (χ0n) is 14.9. The van der Waals surface area contributed by atoms with E-state index in [1.807, 2.05) is 18.2 Å². The predicted molar refractivity (Wildman–Crippen MR) is 105 cm³/mol. The summed E-state index contributed by atoms with van der Waals surface area (Å²) in [4.78, 5) is 16.7. The molecule has 1 amide bonds. The number of carbonyl (C=O) groups is 1. The first kappa shape index (κ1) is 19.5. The fourth-order valence-electron chi connectivity index (χ4n) is 2.42. The molecule has 0 atom stereocenters. The molecule has 0 aliphatic rings. The number of anilines is 1. The van der Waals surface area contributed by atoms with Crippen molar-refractivity contribution in [3.63, 3.8) is 0 Å². The van der Waals surface area contributed by atoms with Crippen LogP contribution in [0.4, 0.5) is 5.82 Å². The van der Waals surface area contributed by atoms with Crippen molar-refractivity contribution in [2.24, 2.45) is 0 Å². The third-order valence-corrected chi connectivity index (χ3v) is 5.18. The Kier molecular flexibility index (Phi) is 5.97. The van der Waals surface area contributed by atoms with Crippen molar-refractivity contribution in [1.29, 1.82) is 0 Å². The van der Waals surface area contributed by atoms with E-state index in [1.54, 1.807) is 23.1 Å². The minimum absolute atomic E-state index is 0.00248. The van der Waals surface area contributed by atoms with E-state index in [0.717, 1.165) is 5.69 Å². The molecule has 2 heterocycles. The van der Waals surface area contributed by atoms with Gasteiger partial charge in [-0.1, -0.05) is 18.2 Å². The molecule has 0 radical (unpaired) electrons. The largest absolute Gasteiger partial charge is 0.305 e. The standard InChI is InChI=1S/C19H19N5O3S/c1-2-10-21-28(26,27)17-8-5-6-15(13-17)19(25)22-18-9-12-24(23-18)14-16-7-3-4-11-20-16/h2-9,11-13,21H,1,10,14H2,(H,22,23,25). The second-order valence-corrected chi connectivity index (χ2v) is 7.61. The maximum absolute atomic E-state index is 12.5. The van der Waals surface area contributed by atoms with Crippen LogP contribution in [-0.4, -0.2) is 35.6 Å². The molecule has 9 heteroatoms. The minimum Gasteiger partial charge on any atom is -0.305 e. The first-order valence-electron chi connectivity index (χ1n) is 8.43. The highest BCUT2D eigenvalue weighted by atomic mass is 32.2. The number of benzene rings is 1. The van der Waals surface area contributed by atoms with Crippen molar-refractivity contribution < 1.29 is 13.2 Å². The molecule has 0 bridgehead atoms. The van der Waals surface area contributed by atoms with Crippen molar-refractivity contribution in [3.05, 3.63) is 84.8 Å². The molecule has 0 aliphatic heterocycles. The molecule has 1 aromatic carbocycles. The minimum atomic E-state index is -3.71. The lowest BCUT2D eigenvalue weighted by atomic mass is 10.2. The van der Waals surface area contributed by atoms with Crippen LogP contribution in [0.3, 0.4) is 0 Å². The van der Waals surface area contributed by atoms with Crippen LogP contribution in [0.25, 0.3) is 0 Å². The second kappa shape index (κ2) is 8.59. The summed E-state index contributed by atoms with van der Waals surface area (Å²) in [7, 11) is -3.71. The average molecular weight is 397 g/mol. The molecule has 3 aromatic rings. The zero-order chi connectivity index (χ0) is 20.0. The van der Waals surface area contributed by atoms with Crippen LogP contribution in [0, 0.1) is 0 Å². The highest BCUT2D eigenvalue weighted by Gasteiger charge is 2.16. The van der Waals surface area contributed by atoms with E-state index < -0.39 is 15.9 Å². The van der Waals surface area contributed by atoms with Gasteiger partial charge in [0.2, 0.25) is 10.0 Å². The van der Waals surface area contributed by atoms with Crippen LogP contribution >= 0.6 is 0 Å². The maximum Gasteiger partial charge on any atom is 0.256 e. The lowest BCUT2D eigenvalue weighted by Gasteiger charge is -2.07. The van der Waals surface area contributed by atoms with Crippen molar-refractivity contribution >= 4 is 21.7 Å². The van der Waals surface area contributed by atoms with Crippen molar-refractivity contribution in [3.8, 4) is 0 Å². The molecule has 0 spiro atoms. The molecule has 2 N–H and O–H groups in total. The maximum atomic E-state index is 12.5. The molecule has 0 saturated carbocycles. The van der Waals surface area contributed by atoms with Crippen LogP contribution in [-0.2, 0) is 16.6 Å². The van der Waals surface area contributed by atoms with E-state index in [-0.39, 0.29) is 17.0 Å². The van der Waals surface area contributed by atoms with E-state index in [9.17, 15) is 13.2 Å². The highest BCUT2D eigenvalue weighted by molar-refractivity contribution is 7.89. The topological polar surface area (TPSA) is 106 Å². The van der Waals surface area contributed by atoms with E-state index >= 15 is 0 Å². The summed E-state index contributed by atoms with van der Waals surface area (Å²) >= 11 is 0. The molecule has 28 heavy (non-hydrogen) atoms. The van der Waals surface area contributed by atoms with Gasteiger partial charge in [0.1, 0.15) is 0 Å². The van der Waals surface area contributed by atoms with Crippen LogP contribution < -0.4 is 10.0 Å². The highest BCUT2D eigenvalue weighted by Crippen LogP contribution is 2.13. The van der Waals surface area contributed by atoms with Crippen LogP contribution in [0.15, 0.2) is 78.5 Å². The van der Waals surface area contributed by atoms with Gasteiger partial charge in [0, 0.05) is 30.6 Å². The average Bonchev–Trinajstić information content (AvgIpc) is 3.14. The van der Waals surface area contributed by atoms with E-state index in [2.05, 4.69) is 26.7 Å². The summed E-state index contributed by atoms with van der Waals surface area (Å²) in [6.45, 7) is 4.05. The number of sulfonamides is 1. The molecule has 0 unspecified atom stereocenters. The summed E-state index contributed by atoms with van der Waals surface area (Å²) in [6, 6.07) is 13.0. The summed E-state index contributed by atoms with van der Waals surface area (Å²) in [6.07, 6.45) is 4.87. The van der Waals surface area contributed by atoms with Gasteiger partial charge in [-0.25, -0.2) is 13.1 Å². The number of pyridine rings is 1. The third-order valence-electron chi connectivity index (χ3n) is 3.76. The Morgan fingerprint density at radius 3 is 2.79 bits per heavy atom. The van der Waals surface area contributed by atoms with Gasteiger partial charge in [-0.2, -0.15) is 5.10 Å². The smallest absolute Gasteiger partial charge is 0.256 e. The first-order chi connectivity index (χ1) is 13.5. The number of nitrogens with one attached hydrogen (secondary N) is 2. The van der Waals surface area contributed by atoms with Gasteiger partial charge >= 0.3 is 0 Å². The number of amides is 1. The first-order valence-corrected chi connectivity index (χ1v) is 9.91. The SMILES string of the molecule is C=CCNS(=O)(=O)c1cccc(C(=O)Nc2ccn(Cc3ccccn3)n2)c1. The number of rotatable bonds is 8. The van der Waals surface area contributed by atoms with E-state index in [0.29, 0.717) is 12.4 Å². The third kappa shape index (κ3) is 4.90. The Balaban J connectivity index is 1.70. The number of hydrogen-bond donors (Lipinski definition) is 2. The molecular formula is C19H19N5O3S. The number of aromatic nitrogens is 3. The van der Waals surface area contributed by atoms with Gasteiger partial charge in [-0.15, -0.1) is 6.58 Å². The van der Waals surface area contributed by atoms with Gasteiger partial charge in [0.25, 0.3) is 5.91 Å². The Hall–Kier alpha value is -3.30. The Morgan fingerprint density at radius 1 is 1.18 bits per heavy atom. The van der Waals surface area contributed by atoms with E-state index in [1.165, 1.54) is 30.3 Å². The van der Waals surface area contributed by atoms with E-state index in [4.69, 9.17) is 0 Å². The van der Waals surface area contributed by atoms with Crippen LogP contribution in [0.1, 0.15) is 16.1 Å².